The van der Waals surface area contributed by atoms with Gasteiger partial charge in [0.25, 0.3) is 0 Å². The number of anilines is 5. The van der Waals surface area contributed by atoms with Crippen LogP contribution in [0.5, 0.6) is 0 Å². The molecule has 0 aliphatic carbocycles. The standard InChI is InChI=1S/C22H21F3N6O/c23-22(24,25)15-4-3-5-18(12-15)29-21(32)28-17-8-6-16(7-9-17)27-20-13-19(14-26-30-20)31-10-1-2-11-31/h3-9,12-14H,1-2,10-11H2,(H,27,30)(H2,28,29,32). The van der Waals surface area contributed by atoms with Crippen molar-refractivity contribution in [1.82, 2.24) is 10.2 Å². The van der Waals surface area contributed by atoms with Crippen LogP contribution >= 0.6 is 0 Å². The molecule has 4 rings (SSSR count). The average Bonchev–Trinajstić information content (AvgIpc) is 3.30. The minimum atomic E-state index is -4.48. The first-order valence-corrected chi connectivity index (χ1v) is 10.1. The number of nitrogens with one attached hydrogen (secondary N) is 3. The molecule has 0 spiro atoms. The van der Waals surface area contributed by atoms with Crippen LogP contribution in [-0.2, 0) is 6.18 Å². The highest BCUT2D eigenvalue weighted by Crippen LogP contribution is 2.30. The van der Waals surface area contributed by atoms with Crippen LogP contribution in [0.25, 0.3) is 0 Å². The molecular weight excluding hydrogens is 421 g/mol. The Kier molecular flexibility index (Phi) is 6.11. The largest absolute Gasteiger partial charge is 0.416 e. The molecule has 0 atom stereocenters. The Balaban J connectivity index is 1.35. The summed E-state index contributed by atoms with van der Waals surface area (Å²) in [6.45, 7) is 2.02. The quantitative estimate of drug-likeness (QED) is 0.487. The Morgan fingerprint density at radius 3 is 2.31 bits per heavy atom. The van der Waals surface area contributed by atoms with Crippen LogP contribution in [0.2, 0.25) is 0 Å². The number of nitrogens with zero attached hydrogens (tertiary/aromatic N) is 3. The van der Waals surface area contributed by atoms with Gasteiger partial charge in [-0.1, -0.05) is 6.07 Å². The molecule has 1 saturated heterocycles. The normalized spacial score (nSPS) is 13.7. The van der Waals surface area contributed by atoms with Crippen LogP contribution in [0.1, 0.15) is 18.4 Å². The van der Waals surface area contributed by atoms with E-state index in [0.717, 1.165) is 36.6 Å². The Morgan fingerprint density at radius 1 is 0.906 bits per heavy atom. The average molecular weight is 442 g/mol. The van der Waals surface area contributed by atoms with Gasteiger partial charge in [-0.15, -0.1) is 5.10 Å². The zero-order chi connectivity index (χ0) is 22.6. The number of urea groups is 1. The third-order valence-electron chi connectivity index (χ3n) is 4.97. The van der Waals surface area contributed by atoms with Gasteiger partial charge in [-0.05, 0) is 55.3 Å². The predicted molar refractivity (Wildman–Crippen MR) is 117 cm³/mol. The lowest BCUT2D eigenvalue weighted by molar-refractivity contribution is -0.137. The zero-order valence-corrected chi connectivity index (χ0v) is 17.0. The molecular formula is C22H21F3N6O. The minimum absolute atomic E-state index is 0.0482. The van der Waals surface area contributed by atoms with Crippen molar-refractivity contribution in [3.63, 3.8) is 0 Å². The topological polar surface area (TPSA) is 82.2 Å². The fourth-order valence-corrected chi connectivity index (χ4v) is 3.42. The molecule has 2 heterocycles. The molecule has 1 aliphatic rings. The van der Waals surface area contributed by atoms with Crippen molar-refractivity contribution < 1.29 is 18.0 Å². The number of rotatable bonds is 5. The Morgan fingerprint density at radius 2 is 1.59 bits per heavy atom. The zero-order valence-electron chi connectivity index (χ0n) is 17.0. The van der Waals surface area contributed by atoms with E-state index in [-0.39, 0.29) is 5.69 Å². The minimum Gasteiger partial charge on any atom is -0.370 e. The predicted octanol–water partition coefficient (Wildman–Crippen LogP) is 5.48. The first-order valence-electron chi connectivity index (χ1n) is 10.1. The summed E-state index contributed by atoms with van der Waals surface area (Å²) < 4.78 is 38.4. The number of amides is 2. The molecule has 3 N–H and O–H groups in total. The lowest BCUT2D eigenvalue weighted by atomic mass is 10.2. The summed E-state index contributed by atoms with van der Waals surface area (Å²) in [7, 11) is 0. The summed E-state index contributed by atoms with van der Waals surface area (Å²) in [6.07, 6.45) is -0.399. The van der Waals surface area contributed by atoms with E-state index in [4.69, 9.17) is 0 Å². The third-order valence-corrected chi connectivity index (χ3v) is 4.97. The van der Waals surface area contributed by atoms with Gasteiger partial charge in [0, 0.05) is 36.2 Å². The Bertz CT molecular complexity index is 1080. The first-order chi connectivity index (χ1) is 15.4. The van der Waals surface area contributed by atoms with E-state index < -0.39 is 17.8 Å². The van der Waals surface area contributed by atoms with Crippen molar-refractivity contribution in [1.29, 1.82) is 0 Å². The Hall–Kier alpha value is -3.82. The van der Waals surface area contributed by atoms with Gasteiger partial charge < -0.3 is 20.9 Å². The van der Waals surface area contributed by atoms with E-state index in [9.17, 15) is 18.0 Å². The second-order valence-corrected chi connectivity index (χ2v) is 7.35. The Labute approximate surface area is 182 Å². The summed E-state index contributed by atoms with van der Waals surface area (Å²) >= 11 is 0. The van der Waals surface area contributed by atoms with Gasteiger partial charge in [-0.25, -0.2) is 4.79 Å². The van der Waals surface area contributed by atoms with Gasteiger partial charge in [0.2, 0.25) is 0 Å². The number of alkyl halides is 3. The third kappa shape index (κ3) is 5.45. The van der Waals surface area contributed by atoms with Crippen molar-refractivity contribution in [2.75, 3.05) is 33.9 Å². The van der Waals surface area contributed by atoms with E-state index in [1.807, 2.05) is 6.07 Å². The van der Waals surface area contributed by atoms with Crippen LogP contribution in [-0.4, -0.2) is 29.3 Å². The molecule has 1 aromatic heterocycles. The molecule has 3 aromatic rings. The number of hydrogen-bond acceptors (Lipinski definition) is 5. The number of carbonyl (C=O) groups is 1. The molecule has 2 aromatic carbocycles. The molecule has 0 saturated carbocycles. The second-order valence-electron chi connectivity index (χ2n) is 7.35. The summed E-state index contributed by atoms with van der Waals surface area (Å²) in [5.41, 5.74) is 1.47. The van der Waals surface area contributed by atoms with Crippen LogP contribution in [0, 0.1) is 0 Å². The van der Waals surface area contributed by atoms with Crippen LogP contribution in [0.3, 0.4) is 0 Å². The summed E-state index contributed by atoms with van der Waals surface area (Å²) in [6, 6.07) is 12.6. The monoisotopic (exact) mass is 442 g/mol. The lowest BCUT2D eigenvalue weighted by Crippen LogP contribution is -2.19. The highest BCUT2D eigenvalue weighted by Gasteiger charge is 2.30. The highest BCUT2D eigenvalue weighted by atomic mass is 19.4. The van der Waals surface area contributed by atoms with Gasteiger partial charge in [0.1, 0.15) is 0 Å². The van der Waals surface area contributed by atoms with E-state index in [1.165, 1.54) is 25.0 Å². The maximum absolute atomic E-state index is 12.8. The number of benzene rings is 2. The van der Waals surface area contributed by atoms with Crippen molar-refractivity contribution in [2.24, 2.45) is 0 Å². The van der Waals surface area contributed by atoms with E-state index in [1.54, 1.807) is 30.5 Å². The van der Waals surface area contributed by atoms with Crippen molar-refractivity contribution in [2.45, 2.75) is 19.0 Å². The highest BCUT2D eigenvalue weighted by molar-refractivity contribution is 5.99. The molecule has 166 valence electrons. The number of hydrogen-bond donors (Lipinski definition) is 3. The summed E-state index contributed by atoms with van der Waals surface area (Å²) in [5.74, 6) is 0.609. The molecule has 0 radical (unpaired) electrons. The van der Waals surface area contributed by atoms with Gasteiger partial charge in [0.15, 0.2) is 5.82 Å². The van der Waals surface area contributed by atoms with E-state index in [2.05, 4.69) is 31.0 Å². The van der Waals surface area contributed by atoms with Crippen molar-refractivity contribution >= 4 is 34.6 Å². The van der Waals surface area contributed by atoms with Gasteiger partial charge in [0.05, 0.1) is 17.4 Å². The molecule has 1 fully saturated rings. The molecule has 2 amide bonds. The van der Waals surface area contributed by atoms with Crippen LogP contribution < -0.4 is 20.9 Å². The van der Waals surface area contributed by atoms with Crippen molar-refractivity contribution in [3.8, 4) is 0 Å². The van der Waals surface area contributed by atoms with Gasteiger partial charge in [-0.2, -0.15) is 18.3 Å². The molecule has 32 heavy (non-hydrogen) atoms. The SMILES string of the molecule is O=C(Nc1ccc(Nc2cc(N3CCCC3)cnn2)cc1)Nc1cccc(C(F)(F)F)c1. The second kappa shape index (κ2) is 9.13. The summed E-state index contributed by atoms with van der Waals surface area (Å²) in [5, 5.41) is 16.3. The van der Waals surface area contributed by atoms with Gasteiger partial charge >= 0.3 is 12.2 Å². The fraction of sp³-hybridized carbons (Fsp3) is 0.227. The van der Waals surface area contributed by atoms with Crippen molar-refractivity contribution in [3.05, 3.63) is 66.4 Å². The van der Waals surface area contributed by atoms with E-state index in [0.29, 0.717) is 11.5 Å². The number of carbonyl (C=O) groups excluding carboxylic acids is 1. The van der Waals surface area contributed by atoms with Crippen LogP contribution in [0.4, 0.5) is 46.5 Å². The fourth-order valence-electron chi connectivity index (χ4n) is 3.42. The maximum atomic E-state index is 12.8. The van der Waals surface area contributed by atoms with E-state index >= 15 is 0 Å². The maximum Gasteiger partial charge on any atom is 0.416 e. The smallest absolute Gasteiger partial charge is 0.370 e. The summed E-state index contributed by atoms with van der Waals surface area (Å²) in [4.78, 5) is 14.4. The molecule has 10 heteroatoms. The molecule has 0 bridgehead atoms. The molecule has 7 nitrogen and oxygen atoms in total. The lowest BCUT2D eigenvalue weighted by Gasteiger charge is -2.17. The molecule has 1 aliphatic heterocycles. The van der Waals surface area contributed by atoms with Crippen LogP contribution in [0.15, 0.2) is 60.8 Å². The van der Waals surface area contributed by atoms with Gasteiger partial charge in [-0.3, -0.25) is 0 Å². The molecule has 0 unspecified atom stereocenters. The number of halogens is 3. The first kappa shape index (κ1) is 21.4. The number of aromatic nitrogens is 2.